The first-order valence-electron chi connectivity index (χ1n) is 6.57. The monoisotopic (exact) mass is 331 g/mol. The number of rotatable bonds is 3. The summed E-state index contributed by atoms with van der Waals surface area (Å²) in [4.78, 5) is 41.5. The number of hydrogen-bond acceptors (Lipinski definition) is 5. The lowest BCUT2D eigenvalue weighted by Crippen LogP contribution is -2.32. The molecule has 0 fully saturated rings. The molecule has 1 aliphatic rings. The number of fused-ring (bicyclic) bond motifs is 1. The van der Waals surface area contributed by atoms with E-state index in [1.165, 1.54) is 30.3 Å². The van der Waals surface area contributed by atoms with Crippen LogP contribution in [0, 0.1) is 5.82 Å². The molecule has 0 bridgehead atoms. The van der Waals surface area contributed by atoms with Crippen molar-refractivity contribution in [3.05, 3.63) is 65.0 Å². The topological polar surface area (TPSA) is 63.7 Å². The van der Waals surface area contributed by atoms with Crippen molar-refractivity contribution in [1.29, 1.82) is 0 Å². The van der Waals surface area contributed by atoms with E-state index in [-0.39, 0.29) is 21.6 Å². The Morgan fingerprint density at radius 1 is 1.04 bits per heavy atom. The zero-order valence-electron chi connectivity index (χ0n) is 11.9. The van der Waals surface area contributed by atoms with Crippen LogP contribution in [0.15, 0.2) is 47.4 Å². The van der Waals surface area contributed by atoms with Crippen molar-refractivity contribution < 1.29 is 23.6 Å². The van der Waals surface area contributed by atoms with Gasteiger partial charge < -0.3 is 4.84 Å². The molecular formula is C16H10FNO4S. The van der Waals surface area contributed by atoms with E-state index in [9.17, 15) is 18.8 Å². The fourth-order valence-corrected chi connectivity index (χ4v) is 2.89. The fourth-order valence-electron chi connectivity index (χ4n) is 2.26. The van der Waals surface area contributed by atoms with Gasteiger partial charge in [0.25, 0.3) is 11.8 Å². The average Bonchev–Trinajstić information content (AvgIpc) is 2.80. The molecule has 5 nitrogen and oxygen atoms in total. The summed E-state index contributed by atoms with van der Waals surface area (Å²) in [6.45, 7) is 0. The molecule has 0 saturated heterocycles. The number of hydrogen-bond donors (Lipinski definition) is 0. The molecule has 3 rings (SSSR count). The van der Waals surface area contributed by atoms with Crippen molar-refractivity contribution in [2.24, 2.45) is 0 Å². The number of amides is 2. The lowest BCUT2D eigenvalue weighted by Gasteiger charge is -2.14. The average molecular weight is 331 g/mol. The van der Waals surface area contributed by atoms with Crippen LogP contribution in [-0.4, -0.2) is 29.1 Å². The largest absolute Gasteiger partial charge is 0.365 e. The van der Waals surface area contributed by atoms with E-state index in [0.717, 1.165) is 11.8 Å². The fraction of sp³-hybridized carbons (Fsp3) is 0.0625. The van der Waals surface area contributed by atoms with Crippen LogP contribution in [0.1, 0.15) is 31.1 Å². The number of nitrogens with zero attached hydrogens (tertiary/aromatic N) is 1. The first-order valence-corrected chi connectivity index (χ1v) is 7.79. The van der Waals surface area contributed by atoms with Gasteiger partial charge in [-0.25, -0.2) is 9.18 Å². The molecule has 2 aromatic carbocycles. The summed E-state index contributed by atoms with van der Waals surface area (Å²) in [5, 5.41) is 0.405. The summed E-state index contributed by atoms with van der Waals surface area (Å²) in [6.07, 6.45) is 1.61. The smallest absolute Gasteiger partial charge is 0.324 e. The Bertz CT molecular complexity index is 802. The Morgan fingerprint density at radius 3 is 2.22 bits per heavy atom. The van der Waals surface area contributed by atoms with Gasteiger partial charge in [-0.2, -0.15) is 0 Å². The lowest BCUT2D eigenvalue weighted by atomic mass is 10.1. The maximum Gasteiger partial charge on any atom is 0.365 e. The second-order valence-corrected chi connectivity index (χ2v) is 5.47. The van der Waals surface area contributed by atoms with Gasteiger partial charge in [0.05, 0.1) is 21.6 Å². The first kappa shape index (κ1) is 15.2. The van der Waals surface area contributed by atoms with Crippen molar-refractivity contribution >= 4 is 29.5 Å². The summed E-state index contributed by atoms with van der Waals surface area (Å²) in [7, 11) is 0. The number of hydroxylamine groups is 2. The van der Waals surface area contributed by atoms with Crippen LogP contribution in [0.4, 0.5) is 4.39 Å². The second kappa shape index (κ2) is 5.85. The molecule has 0 saturated carbocycles. The molecule has 1 aliphatic heterocycles. The van der Waals surface area contributed by atoms with Gasteiger partial charge in [0, 0.05) is 0 Å². The Balaban J connectivity index is 1.90. The van der Waals surface area contributed by atoms with Crippen molar-refractivity contribution in [2.45, 2.75) is 4.90 Å². The summed E-state index contributed by atoms with van der Waals surface area (Å²) in [5.74, 6) is -2.99. The standard InChI is InChI=1S/C16H10FNO4S/c1-23-13-11(7-4-8-12(13)17)16(21)22-18-14(19)9-5-2-3-6-10(9)15(18)20/h2-8H,1H3. The Kier molecular flexibility index (Phi) is 3.87. The quantitative estimate of drug-likeness (QED) is 0.639. The highest BCUT2D eigenvalue weighted by Gasteiger charge is 2.39. The number of carbonyl (C=O) groups excluding carboxylic acids is 3. The molecule has 0 spiro atoms. The molecule has 1 heterocycles. The normalized spacial score (nSPS) is 13.2. The zero-order valence-corrected chi connectivity index (χ0v) is 12.7. The number of benzene rings is 2. The van der Waals surface area contributed by atoms with E-state index in [1.54, 1.807) is 18.4 Å². The molecule has 0 atom stereocenters. The molecule has 2 amide bonds. The lowest BCUT2D eigenvalue weighted by molar-refractivity contribution is -0.0587. The Labute approximate surface area is 135 Å². The number of thioether (sulfide) groups is 1. The van der Waals surface area contributed by atoms with Crippen molar-refractivity contribution in [1.82, 2.24) is 5.06 Å². The summed E-state index contributed by atoms with van der Waals surface area (Å²) in [6, 6.07) is 10.1. The van der Waals surface area contributed by atoms with Gasteiger partial charge in [-0.1, -0.05) is 23.3 Å². The zero-order chi connectivity index (χ0) is 16.6. The van der Waals surface area contributed by atoms with E-state index in [0.29, 0.717) is 5.06 Å². The highest BCUT2D eigenvalue weighted by Crippen LogP contribution is 2.27. The number of carbonyl (C=O) groups is 3. The van der Waals surface area contributed by atoms with Crippen molar-refractivity contribution in [3.8, 4) is 0 Å². The van der Waals surface area contributed by atoms with Crippen LogP contribution in [0.2, 0.25) is 0 Å². The Hall–Kier alpha value is -2.67. The van der Waals surface area contributed by atoms with E-state index >= 15 is 0 Å². The predicted octanol–water partition coefficient (Wildman–Crippen LogP) is 2.92. The van der Waals surface area contributed by atoms with Gasteiger partial charge in [0.15, 0.2) is 0 Å². The summed E-state index contributed by atoms with van der Waals surface area (Å²) < 4.78 is 13.7. The minimum absolute atomic E-state index is 0.0472. The maximum atomic E-state index is 13.7. The number of halogens is 1. The van der Waals surface area contributed by atoms with Crippen LogP contribution in [0.3, 0.4) is 0 Å². The van der Waals surface area contributed by atoms with Crippen LogP contribution < -0.4 is 0 Å². The molecule has 0 radical (unpaired) electrons. The van der Waals surface area contributed by atoms with E-state index in [4.69, 9.17) is 4.84 Å². The van der Waals surface area contributed by atoms with Gasteiger partial charge in [-0.15, -0.1) is 11.8 Å². The third-order valence-corrected chi connectivity index (χ3v) is 4.15. The van der Waals surface area contributed by atoms with Crippen LogP contribution >= 0.6 is 11.8 Å². The third kappa shape index (κ3) is 2.49. The van der Waals surface area contributed by atoms with Crippen LogP contribution in [-0.2, 0) is 4.84 Å². The molecule has 23 heavy (non-hydrogen) atoms. The molecular weight excluding hydrogens is 321 g/mol. The van der Waals surface area contributed by atoms with Gasteiger partial charge in [0.2, 0.25) is 0 Å². The molecule has 0 aromatic heterocycles. The molecule has 116 valence electrons. The second-order valence-electron chi connectivity index (χ2n) is 4.65. The summed E-state index contributed by atoms with van der Waals surface area (Å²) >= 11 is 1.03. The minimum Gasteiger partial charge on any atom is -0.324 e. The SMILES string of the molecule is CSc1c(F)cccc1C(=O)ON1C(=O)c2ccccc2C1=O. The van der Waals surface area contributed by atoms with Gasteiger partial charge in [-0.3, -0.25) is 9.59 Å². The molecule has 0 aliphatic carbocycles. The van der Waals surface area contributed by atoms with Crippen molar-refractivity contribution in [2.75, 3.05) is 6.26 Å². The van der Waals surface area contributed by atoms with Gasteiger partial charge in [-0.05, 0) is 30.5 Å². The van der Waals surface area contributed by atoms with E-state index < -0.39 is 23.6 Å². The van der Waals surface area contributed by atoms with Gasteiger partial charge in [0.1, 0.15) is 5.82 Å². The highest BCUT2D eigenvalue weighted by molar-refractivity contribution is 7.98. The molecule has 7 heteroatoms. The first-order chi connectivity index (χ1) is 11.0. The highest BCUT2D eigenvalue weighted by atomic mass is 32.2. The van der Waals surface area contributed by atoms with E-state index in [2.05, 4.69) is 0 Å². The third-order valence-electron chi connectivity index (χ3n) is 3.32. The minimum atomic E-state index is -0.969. The summed E-state index contributed by atoms with van der Waals surface area (Å²) in [5.41, 5.74) is 0.276. The predicted molar refractivity (Wildman–Crippen MR) is 80.5 cm³/mol. The number of imide groups is 1. The van der Waals surface area contributed by atoms with Gasteiger partial charge >= 0.3 is 5.97 Å². The molecule has 0 unspecified atom stereocenters. The van der Waals surface area contributed by atoms with Crippen LogP contribution in [0.25, 0.3) is 0 Å². The van der Waals surface area contributed by atoms with Crippen LogP contribution in [0.5, 0.6) is 0 Å². The van der Waals surface area contributed by atoms with E-state index in [1.807, 2.05) is 0 Å². The van der Waals surface area contributed by atoms with Crippen molar-refractivity contribution in [3.63, 3.8) is 0 Å². The molecule has 0 N–H and O–H groups in total. The maximum absolute atomic E-state index is 13.7. The molecule has 2 aromatic rings. The Morgan fingerprint density at radius 2 is 1.65 bits per heavy atom.